The first kappa shape index (κ1) is 15.8. The number of carbonyl (C=O) groups is 1. The minimum atomic E-state index is -0.0283. The van der Waals surface area contributed by atoms with Crippen molar-refractivity contribution < 1.29 is 14.3 Å². The molecule has 2 rings (SSSR count). The Labute approximate surface area is 126 Å². The summed E-state index contributed by atoms with van der Waals surface area (Å²) in [6.45, 7) is 7.80. The van der Waals surface area contributed by atoms with Crippen LogP contribution in [0.5, 0.6) is 5.75 Å². The molecule has 0 radical (unpaired) electrons. The van der Waals surface area contributed by atoms with Crippen molar-refractivity contribution in [3.8, 4) is 5.75 Å². The van der Waals surface area contributed by atoms with Gasteiger partial charge in [-0.15, -0.1) is 0 Å². The van der Waals surface area contributed by atoms with Gasteiger partial charge < -0.3 is 20.1 Å². The van der Waals surface area contributed by atoms with E-state index in [1.807, 2.05) is 38.1 Å². The molecule has 1 heterocycles. The van der Waals surface area contributed by atoms with E-state index in [2.05, 4.69) is 10.6 Å². The normalized spacial score (nSPS) is 22.8. The number of rotatable bonds is 6. The lowest BCUT2D eigenvalue weighted by Gasteiger charge is -2.20. The molecule has 1 amide bonds. The summed E-state index contributed by atoms with van der Waals surface area (Å²) in [5.41, 5.74) is 1.06. The van der Waals surface area contributed by atoms with Gasteiger partial charge in [0.15, 0.2) is 0 Å². The van der Waals surface area contributed by atoms with Crippen LogP contribution in [0.25, 0.3) is 0 Å². The van der Waals surface area contributed by atoms with Crippen LogP contribution in [0, 0.1) is 0 Å². The number of benzene rings is 1. The maximum Gasteiger partial charge on any atom is 0.217 e. The van der Waals surface area contributed by atoms with Crippen LogP contribution in [0.3, 0.4) is 0 Å². The molecule has 5 heteroatoms. The Hall–Kier alpha value is -1.59. The van der Waals surface area contributed by atoms with Crippen molar-refractivity contribution in [2.45, 2.75) is 39.0 Å². The Morgan fingerprint density at radius 2 is 2.00 bits per heavy atom. The third-order valence-electron chi connectivity index (χ3n) is 3.57. The van der Waals surface area contributed by atoms with E-state index in [4.69, 9.17) is 9.47 Å². The molecule has 1 aliphatic heterocycles. The molecule has 1 saturated heterocycles. The lowest BCUT2D eigenvalue weighted by Crippen LogP contribution is -2.32. The number of hydrogen-bond donors (Lipinski definition) is 2. The number of hydrogen-bond acceptors (Lipinski definition) is 4. The van der Waals surface area contributed by atoms with Gasteiger partial charge in [0.1, 0.15) is 18.0 Å². The van der Waals surface area contributed by atoms with Crippen molar-refractivity contribution in [3.05, 3.63) is 29.8 Å². The van der Waals surface area contributed by atoms with E-state index in [9.17, 15) is 4.79 Å². The zero-order valence-corrected chi connectivity index (χ0v) is 12.9. The molecule has 1 aliphatic rings. The highest BCUT2D eigenvalue weighted by Crippen LogP contribution is 2.20. The topological polar surface area (TPSA) is 59.6 Å². The molecule has 0 spiro atoms. The maximum absolute atomic E-state index is 11.1. The first-order valence-corrected chi connectivity index (χ1v) is 7.46. The first-order valence-electron chi connectivity index (χ1n) is 7.46. The highest BCUT2D eigenvalue weighted by Gasteiger charge is 2.29. The van der Waals surface area contributed by atoms with Crippen LogP contribution >= 0.6 is 0 Å². The molecule has 0 aliphatic carbocycles. The zero-order valence-electron chi connectivity index (χ0n) is 12.9. The van der Waals surface area contributed by atoms with Gasteiger partial charge in [-0.1, -0.05) is 12.1 Å². The lowest BCUT2D eigenvalue weighted by atomic mass is 10.1. The largest absolute Gasteiger partial charge is 0.486 e. The first-order chi connectivity index (χ1) is 10.1. The van der Waals surface area contributed by atoms with Crippen molar-refractivity contribution in [1.29, 1.82) is 0 Å². The van der Waals surface area contributed by atoms with Gasteiger partial charge in [-0.3, -0.25) is 4.79 Å². The van der Waals surface area contributed by atoms with Crippen LogP contribution in [-0.4, -0.2) is 37.8 Å². The fourth-order valence-corrected chi connectivity index (χ4v) is 2.53. The second kappa shape index (κ2) is 7.43. The van der Waals surface area contributed by atoms with Crippen LogP contribution in [0.15, 0.2) is 24.3 Å². The maximum atomic E-state index is 11.1. The number of nitrogens with one attached hydrogen (secondary N) is 2. The summed E-state index contributed by atoms with van der Waals surface area (Å²) in [6, 6.07) is 7.84. The van der Waals surface area contributed by atoms with Gasteiger partial charge in [-0.05, 0) is 31.5 Å². The third-order valence-corrected chi connectivity index (χ3v) is 3.57. The monoisotopic (exact) mass is 292 g/mol. The van der Waals surface area contributed by atoms with E-state index in [0.717, 1.165) is 24.4 Å². The van der Waals surface area contributed by atoms with Gasteiger partial charge in [0, 0.05) is 26.6 Å². The molecular weight excluding hydrogens is 268 g/mol. The summed E-state index contributed by atoms with van der Waals surface area (Å²) in [5.74, 6) is 0.798. The van der Waals surface area contributed by atoms with Gasteiger partial charge >= 0.3 is 0 Å². The molecule has 0 unspecified atom stereocenters. The molecule has 1 aromatic rings. The van der Waals surface area contributed by atoms with Gasteiger partial charge in [-0.25, -0.2) is 0 Å². The Balaban J connectivity index is 1.94. The molecule has 5 nitrogen and oxygen atoms in total. The van der Waals surface area contributed by atoms with Crippen LogP contribution in [-0.2, 0) is 9.53 Å². The average molecular weight is 292 g/mol. The van der Waals surface area contributed by atoms with Crippen molar-refractivity contribution >= 4 is 5.91 Å². The highest BCUT2D eigenvalue weighted by molar-refractivity contribution is 5.73. The van der Waals surface area contributed by atoms with Crippen molar-refractivity contribution in [2.24, 2.45) is 0 Å². The summed E-state index contributed by atoms with van der Waals surface area (Å²) >= 11 is 0. The lowest BCUT2D eigenvalue weighted by molar-refractivity contribution is -0.119. The predicted octanol–water partition coefficient (Wildman–Crippen LogP) is 1.64. The van der Waals surface area contributed by atoms with Crippen LogP contribution in [0.2, 0.25) is 0 Å². The minimum Gasteiger partial charge on any atom is -0.486 e. The van der Waals surface area contributed by atoms with Crippen LogP contribution < -0.4 is 15.4 Å². The standard InChI is InChI=1S/C16H24N2O3/c1-4-20-15-9-17-10-16(15)21-14-7-5-13(6-8-14)11(2)18-12(3)19/h5-8,11,15-17H,4,9-10H2,1-3H3,(H,18,19)/t11-,15-,16-/m0/s1. The summed E-state index contributed by atoms with van der Waals surface area (Å²) in [7, 11) is 0. The quantitative estimate of drug-likeness (QED) is 0.837. The summed E-state index contributed by atoms with van der Waals surface area (Å²) < 4.78 is 11.6. The van der Waals surface area contributed by atoms with Crippen LogP contribution in [0.4, 0.5) is 0 Å². The van der Waals surface area contributed by atoms with Gasteiger partial charge in [0.05, 0.1) is 6.04 Å². The van der Waals surface area contributed by atoms with E-state index in [1.165, 1.54) is 6.92 Å². The molecule has 0 saturated carbocycles. The van der Waals surface area contributed by atoms with E-state index in [-0.39, 0.29) is 24.2 Å². The zero-order chi connectivity index (χ0) is 15.2. The highest BCUT2D eigenvalue weighted by atomic mass is 16.5. The van der Waals surface area contributed by atoms with E-state index in [0.29, 0.717) is 6.61 Å². The minimum absolute atomic E-state index is 0.000806. The molecule has 116 valence electrons. The van der Waals surface area contributed by atoms with E-state index in [1.54, 1.807) is 0 Å². The second-order valence-corrected chi connectivity index (χ2v) is 5.30. The Morgan fingerprint density at radius 3 is 2.62 bits per heavy atom. The van der Waals surface area contributed by atoms with E-state index < -0.39 is 0 Å². The number of amides is 1. The van der Waals surface area contributed by atoms with Crippen LogP contribution in [0.1, 0.15) is 32.4 Å². The second-order valence-electron chi connectivity index (χ2n) is 5.30. The van der Waals surface area contributed by atoms with Gasteiger partial charge in [0.25, 0.3) is 0 Å². The molecule has 3 atom stereocenters. The number of carbonyl (C=O) groups excluding carboxylic acids is 1. The molecule has 0 aromatic heterocycles. The Morgan fingerprint density at radius 1 is 1.33 bits per heavy atom. The summed E-state index contributed by atoms with van der Waals surface area (Å²) in [4.78, 5) is 11.1. The van der Waals surface area contributed by atoms with Crippen molar-refractivity contribution in [2.75, 3.05) is 19.7 Å². The SMILES string of the molecule is CCO[C@H]1CNC[C@@H]1Oc1ccc([C@H](C)NC(C)=O)cc1. The smallest absolute Gasteiger partial charge is 0.217 e. The number of ether oxygens (including phenoxy) is 2. The molecule has 2 N–H and O–H groups in total. The Kier molecular flexibility index (Phi) is 5.59. The summed E-state index contributed by atoms with van der Waals surface area (Å²) in [5, 5.41) is 6.15. The third kappa shape index (κ3) is 4.44. The summed E-state index contributed by atoms with van der Waals surface area (Å²) in [6.07, 6.45) is 0.150. The van der Waals surface area contributed by atoms with Gasteiger partial charge in [0.2, 0.25) is 5.91 Å². The average Bonchev–Trinajstić information content (AvgIpc) is 2.86. The molecule has 1 aromatic carbocycles. The molecule has 1 fully saturated rings. The predicted molar refractivity (Wildman–Crippen MR) is 81.4 cm³/mol. The van der Waals surface area contributed by atoms with Crippen molar-refractivity contribution in [3.63, 3.8) is 0 Å². The van der Waals surface area contributed by atoms with Crippen molar-refractivity contribution in [1.82, 2.24) is 10.6 Å². The fraction of sp³-hybridized carbons (Fsp3) is 0.562. The van der Waals surface area contributed by atoms with Gasteiger partial charge in [-0.2, -0.15) is 0 Å². The fourth-order valence-electron chi connectivity index (χ4n) is 2.53. The molecule has 0 bridgehead atoms. The molecular formula is C16H24N2O3. The Bertz CT molecular complexity index is 461. The molecule has 21 heavy (non-hydrogen) atoms. The van der Waals surface area contributed by atoms with E-state index >= 15 is 0 Å².